The van der Waals surface area contributed by atoms with Crippen molar-refractivity contribution >= 4 is 23.1 Å². The molecule has 0 N–H and O–H groups in total. The predicted octanol–water partition coefficient (Wildman–Crippen LogP) is 3.61. The van der Waals surface area contributed by atoms with Gasteiger partial charge in [-0.2, -0.15) is 0 Å². The minimum atomic E-state index is -0.399. The van der Waals surface area contributed by atoms with Crippen LogP contribution >= 0.6 is 0 Å². The van der Waals surface area contributed by atoms with Crippen molar-refractivity contribution in [1.29, 1.82) is 0 Å². The third kappa shape index (κ3) is 2.77. The Balaban J connectivity index is 1.21. The summed E-state index contributed by atoms with van der Waals surface area (Å²) in [5.74, 6) is -2.03. The molecule has 0 aliphatic heterocycles. The molecule has 7 rings (SSSR count). The van der Waals surface area contributed by atoms with Gasteiger partial charge in [-0.3, -0.25) is 19.2 Å². The zero-order valence-electron chi connectivity index (χ0n) is 19.1. The van der Waals surface area contributed by atoms with Crippen LogP contribution in [0.3, 0.4) is 0 Å². The van der Waals surface area contributed by atoms with E-state index in [4.69, 9.17) is 0 Å². The average Bonchev–Trinajstić information content (AvgIpc) is 2.88. The molecule has 8 atom stereocenters. The van der Waals surface area contributed by atoms with Crippen molar-refractivity contribution in [3.05, 3.63) is 70.8 Å². The molecule has 0 amide bonds. The second-order valence-corrected chi connectivity index (χ2v) is 11.3. The first-order valence-corrected chi connectivity index (χ1v) is 12.8. The molecule has 3 fully saturated rings. The second kappa shape index (κ2) is 7.31. The summed E-state index contributed by atoms with van der Waals surface area (Å²) in [7, 11) is 0. The fourth-order valence-electron chi connectivity index (χ4n) is 8.19. The minimum absolute atomic E-state index is 0.166. The van der Waals surface area contributed by atoms with Gasteiger partial charge in [0.15, 0.2) is 0 Å². The van der Waals surface area contributed by atoms with Gasteiger partial charge in [0.25, 0.3) is 0 Å². The SMILES string of the molecule is O=C1[C@H]2C[C@H]3C(=O)[C@@H]4Cc5ccccc5C[C@@H]4C(=O)[C@@H]3C[C@@H]2C(=O)[C@@H]2Cc3ccccc3C[C@H]12. The van der Waals surface area contributed by atoms with E-state index in [0.717, 1.165) is 0 Å². The van der Waals surface area contributed by atoms with Gasteiger partial charge in [-0.15, -0.1) is 0 Å². The van der Waals surface area contributed by atoms with E-state index >= 15 is 0 Å². The van der Waals surface area contributed by atoms with E-state index in [1.807, 2.05) is 24.3 Å². The molecule has 0 spiro atoms. The lowest BCUT2D eigenvalue weighted by Gasteiger charge is -2.50. The van der Waals surface area contributed by atoms with Crippen LogP contribution in [0.25, 0.3) is 0 Å². The van der Waals surface area contributed by atoms with Crippen LogP contribution in [0.4, 0.5) is 0 Å². The highest BCUT2D eigenvalue weighted by molar-refractivity contribution is 6.04. The number of benzene rings is 2. The number of carbonyl (C=O) groups is 4. The molecular formula is C30H28O4. The first-order valence-electron chi connectivity index (χ1n) is 12.8. The first-order chi connectivity index (χ1) is 16.5. The normalized spacial score (nSPS) is 38.1. The summed E-state index contributed by atoms with van der Waals surface area (Å²) in [5.41, 5.74) is 4.68. The van der Waals surface area contributed by atoms with Crippen molar-refractivity contribution in [2.75, 3.05) is 0 Å². The Bertz CT molecular complexity index is 1070. The zero-order valence-corrected chi connectivity index (χ0v) is 19.1. The third-order valence-electron chi connectivity index (χ3n) is 9.88. The largest absolute Gasteiger partial charge is 0.299 e. The molecule has 0 unspecified atom stereocenters. The van der Waals surface area contributed by atoms with Gasteiger partial charge in [-0.05, 0) is 60.8 Å². The Kier molecular flexibility index (Phi) is 4.40. The number of ketones is 4. The molecule has 5 aliphatic carbocycles. The Hall–Kier alpha value is -2.88. The standard InChI is InChI=1S/C30H28O4/c31-27-19-9-15-5-1-2-6-16(15)10-20(19)28(32)24-14-26-25(13-23(24)27)29(33)21-11-17-7-3-4-8-18(17)12-22(21)30(26)34/h1-8,19-26H,9-14H2/t19-,20+,21+,22-,23-,24-,25+,26+. The van der Waals surface area contributed by atoms with Crippen LogP contribution in [0.5, 0.6) is 0 Å². The van der Waals surface area contributed by atoms with Gasteiger partial charge >= 0.3 is 0 Å². The molecule has 5 aliphatic rings. The molecule has 2 aromatic rings. The maximum atomic E-state index is 13.7. The number of fused-ring (bicyclic) bond motifs is 6. The zero-order chi connectivity index (χ0) is 23.1. The van der Waals surface area contributed by atoms with Gasteiger partial charge in [0.2, 0.25) is 0 Å². The third-order valence-corrected chi connectivity index (χ3v) is 9.88. The average molecular weight is 453 g/mol. The topological polar surface area (TPSA) is 68.3 Å². The molecule has 0 radical (unpaired) electrons. The van der Waals surface area contributed by atoms with Gasteiger partial charge in [0.05, 0.1) is 0 Å². The second-order valence-electron chi connectivity index (χ2n) is 11.3. The molecule has 0 heterocycles. The van der Waals surface area contributed by atoms with Crippen LogP contribution in [0.1, 0.15) is 35.1 Å². The molecule has 172 valence electrons. The van der Waals surface area contributed by atoms with Crippen LogP contribution in [-0.2, 0) is 44.9 Å². The highest BCUT2D eigenvalue weighted by Crippen LogP contribution is 2.53. The lowest BCUT2D eigenvalue weighted by molar-refractivity contribution is -0.161. The van der Waals surface area contributed by atoms with E-state index in [-0.39, 0.29) is 46.8 Å². The smallest absolute Gasteiger partial charge is 0.140 e. The Morgan fingerprint density at radius 1 is 0.382 bits per heavy atom. The summed E-state index contributed by atoms with van der Waals surface area (Å²) < 4.78 is 0. The molecule has 0 aromatic heterocycles. The number of Topliss-reactive ketones (excluding diaryl/α,β-unsaturated/α-hetero) is 4. The summed E-state index contributed by atoms with van der Waals surface area (Å²) in [6.07, 6.45) is 3.27. The fraction of sp³-hybridized carbons (Fsp3) is 0.467. The van der Waals surface area contributed by atoms with Gasteiger partial charge in [-0.25, -0.2) is 0 Å². The molecule has 4 nitrogen and oxygen atoms in total. The number of rotatable bonds is 0. The van der Waals surface area contributed by atoms with Crippen molar-refractivity contribution < 1.29 is 19.2 Å². The van der Waals surface area contributed by atoms with Crippen molar-refractivity contribution in [2.24, 2.45) is 47.3 Å². The first kappa shape index (κ1) is 20.5. The van der Waals surface area contributed by atoms with E-state index in [1.165, 1.54) is 22.3 Å². The maximum Gasteiger partial charge on any atom is 0.140 e. The summed E-state index contributed by atoms with van der Waals surface area (Å²) in [6.45, 7) is 0. The van der Waals surface area contributed by atoms with Crippen LogP contribution in [-0.4, -0.2) is 23.1 Å². The lowest BCUT2D eigenvalue weighted by atomic mass is 9.50. The van der Waals surface area contributed by atoms with E-state index < -0.39 is 23.7 Å². The van der Waals surface area contributed by atoms with Crippen molar-refractivity contribution in [3.63, 3.8) is 0 Å². The van der Waals surface area contributed by atoms with Gasteiger partial charge < -0.3 is 0 Å². The molecule has 0 saturated heterocycles. The van der Waals surface area contributed by atoms with Gasteiger partial charge in [0, 0.05) is 47.3 Å². The summed E-state index contributed by atoms with van der Waals surface area (Å²) in [4.78, 5) is 54.8. The number of hydrogen-bond acceptors (Lipinski definition) is 4. The summed E-state index contributed by atoms with van der Waals surface area (Å²) in [6, 6.07) is 16.2. The van der Waals surface area contributed by atoms with Gasteiger partial charge in [-0.1, -0.05) is 48.5 Å². The van der Waals surface area contributed by atoms with Crippen LogP contribution in [0, 0.1) is 47.3 Å². The van der Waals surface area contributed by atoms with Gasteiger partial charge in [0.1, 0.15) is 23.1 Å². The van der Waals surface area contributed by atoms with Crippen molar-refractivity contribution in [3.8, 4) is 0 Å². The Morgan fingerprint density at radius 2 is 0.618 bits per heavy atom. The number of hydrogen-bond donors (Lipinski definition) is 0. The van der Waals surface area contributed by atoms with E-state index in [1.54, 1.807) is 0 Å². The fourth-order valence-corrected chi connectivity index (χ4v) is 8.19. The number of carbonyl (C=O) groups excluding carboxylic acids is 4. The maximum absolute atomic E-state index is 13.7. The van der Waals surface area contributed by atoms with E-state index in [2.05, 4.69) is 24.3 Å². The minimum Gasteiger partial charge on any atom is -0.299 e. The van der Waals surface area contributed by atoms with Crippen LogP contribution in [0.15, 0.2) is 48.5 Å². The summed E-state index contributed by atoms with van der Waals surface area (Å²) >= 11 is 0. The van der Waals surface area contributed by atoms with Crippen molar-refractivity contribution in [2.45, 2.75) is 38.5 Å². The van der Waals surface area contributed by atoms with Crippen LogP contribution in [0.2, 0.25) is 0 Å². The highest BCUT2D eigenvalue weighted by Gasteiger charge is 2.59. The molecule has 34 heavy (non-hydrogen) atoms. The molecule has 0 bridgehead atoms. The Labute approximate surface area is 199 Å². The highest BCUT2D eigenvalue weighted by atomic mass is 16.2. The van der Waals surface area contributed by atoms with E-state index in [0.29, 0.717) is 38.5 Å². The lowest BCUT2D eigenvalue weighted by Crippen LogP contribution is -2.59. The summed E-state index contributed by atoms with van der Waals surface area (Å²) in [5, 5.41) is 0. The molecule has 2 aromatic carbocycles. The molecule has 4 heteroatoms. The van der Waals surface area contributed by atoms with E-state index in [9.17, 15) is 19.2 Å². The van der Waals surface area contributed by atoms with Crippen LogP contribution < -0.4 is 0 Å². The molecular weight excluding hydrogens is 424 g/mol. The quantitative estimate of drug-likeness (QED) is 0.612. The monoisotopic (exact) mass is 452 g/mol. The molecule has 3 saturated carbocycles. The predicted molar refractivity (Wildman–Crippen MR) is 125 cm³/mol. The van der Waals surface area contributed by atoms with Crippen molar-refractivity contribution in [1.82, 2.24) is 0 Å². The Morgan fingerprint density at radius 3 is 0.853 bits per heavy atom.